The number of nitrogens with zero attached hydrogens (tertiary/aromatic N) is 1. The highest BCUT2D eigenvalue weighted by Gasteiger charge is 2.32. The average molecular weight is 319 g/mol. The second kappa shape index (κ2) is 7.79. The summed E-state index contributed by atoms with van der Waals surface area (Å²) >= 11 is 0. The summed E-state index contributed by atoms with van der Waals surface area (Å²) in [6.07, 6.45) is 3.59. The molecule has 1 aromatic carbocycles. The van der Waals surface area contributed by atoms with Crippen molar-refractivity contribution in [2.24, 2.45) is 0 Å². The summed E-state index contributed by atoms with van der Waals surface area (Å²) in [7, 11) is 0. The van der Waals surface area contributed by atoms with Crippen molar-refractivity contribution in [1.82, 2.24) is 4.90 Å². The highest BCUT2D eigenvalue weighted by Crippen LogP contribution is 2.19. The van der Waals surface area contributed by atoms with Crippen molar-refractivity contribution >= 4 is 5.91 Å². The fraction of sp³-hybridized carbons (Fsp3) is 0.611. The van der Waals surface area contributed by atoms with E-state index in [1.165, 1.54) is 12.0 Å². The van der Waals surface area contributed by atoms with E-state index >= 15 is 0 Å². The zero-order chi connectivity index (χ0) is 16.1. The molecule has 2 aliphatic rings. The number of benzene rings is 1. The standard InChI is InChI=1S/C18H25NO4/c1-14-5-4-7-15(9-14)23-17-10-19(11-17)18(20)13-21-12-16-6-2-3-8-22-16/h4-5,7,9,16-17H,2-3,6,8,10-13H2,1H3/t16-/m0/s1. The molecule has 23 heavy (non-hydrogen) atoms. The van der Waals surface area contributed by atoms with Gasteiger partial charge in [-0.25, -0.2) is 0 Å². The number of aryl methyl sites for hydroxylation is 1. The highest BCUT2D eigenvalue weighted by molar-refractivity contribution is 5.78. The normalized spacial score (nSPS) is 21.8. The van der Waals surface area contributed by atoms with Crippen LogP contribution >= 0.6 is 0 Å². The van der Waals surface area contributed by atoms with Crippen molar-refractivity contribution in [3.05, 3.63) is 29.8 Å². The second-order valence-corrected chi connectivity index (χ2v) is 6.36. The largest absolute Gasteiger partial charge is 0.487 e. The van der Waals surface area contributed by atoms with Gasteiger partial charge >= 0.3 is 0 Å². The van der Waals surface area contributed by atoms with Gasteiger partial charge in [-0.15, -0.1) is 0 Å². The summed E-state index contributed by atoms with van der Waals surface area (Å²) < 4.78 is 16.9. The van der Waals surface area contributed by atoms with Crippen LogP contribution in [0.1, 0.15) is 24.8 Å². The summed E-state index contributed by atoms with van der Waals surface area (Å²) in [5, 5.41) is 0. The Bertz CT molecular complexity index is 522. The zero-order valence-corrected chi connectivity index (χ0v) is 13.7. The van der Waals surface area contributed by atoms with E-state index in [9.17, 15) is 4.79 Å². The first kappa shape index (κ1) is 16.3. The van der Waals surface area contributed by atoms with Crippen LogP contribution in [0.4, 0.5) is 0 Å². The molecule has 5 heteroatoms. The Kier molecular flexibility index (Phi) is 5.51. The Labute approximate surface area is 137 Å². The molecular weight excluding hydrogens is 294 g/mol. The van der Waals surface area contributed by atoms with Gasteiger partial charge < -0.3 is 19.1 Å². The third-order valence-corrected chi connectivity index (χ3v) is 4.30. The van der Waals surface area contributed by atoms with Crippen molar-refractivity contribution < 1.29 is 19.0 Å². The van der Waals surface area contributed by atoms with Crippen LogP contribution in [0, 0.1) is 6.92 Å². The Hall–Kier alpha value is -1.59. The molecule has 2 aliphatic heterocycles. The first-order valence-electron chi connectivity index (χ1n) is 8.41. The Morgan fingerprint density at radius 3 is 2.96 bits per heavy atom. The van der Waals surface area contributed by atoms with Crippen molar-refractivity contribution in [3.8, 4) is 5.75 Å². The van der Waals surface area contributed by atoms with E-state index in [-0.39, 0.29) is 24.7 Å². The third kappa shape index (κ3) is 4.69. The van der Waals surface area contributed by atoms with Gasteiger partial charge in [0.05, 0.1) is 25.8 Å². The minimum absolute atomic E-state index is 0.0323. The van der Waals surface area contributed by atoms with E-state index < -0.39 is 0 Å². The highest BCUT2D eigenvalue weighted by atomic mass is 16.5. The smallest absolute Gasteiger partial charge is 0.248 e. The van der Waals surface area contributed by atoms with Crippen molar-refractivity contribution in [2.45, 2.75) is 38.4 Å². The molecule has 0 N–H and O–H groups in total. The van der Waals surface area contributed by atoms with Crippen LogP contribution in [0.2, 0.25) is 0 Å². The molecular formula is C18H25NO4. The maximum atomic E-state index is 12.0. The lowest BCUT2D eigenvalue weighted by molar-refractivity contribution is -0.146. The molecule has 0 aromatic heterocycles. The summed E-state index contributed by atoms with van der Waals surface area (Å²) in [5.74, 6) is 0.901. The molecule has 5 nitrogen and oxygen atoms in total. The molecule has 2 fully saturated rings. The van der Waals surface area contributed by atoms with Crippen LogP contribution in [0.15, 0.2) is 24.3 Å². The van der Waals surface area contributed by atoms with Crippen molar-refractivity contribution in [3.63, 3.8) is 0 Å². The van der Waals surface area contributed by atoms with Crippen LogP contribution in [-0.4, -0.2) is 55.9 Å². The van der Waals surface area contributed by atoms with Gasteiger partial charge in [0.15, 0.2) is 0 Å². The van der Waals surface area contributed by atoms with E-state index in [1.807, 2.05) is 31.2 Å². The molecule has 0 radical (unpaired) electrons. The molecule has 1 amide bonds. The van der Waals surface area contributed by atoms with Crippen molar-refractivity contribution in [1.29, 1.82) is 0 Å². The molecule has 0 spiro atoms. The lowest BCUT2D eigenvalue weighted by Crippen LogP contribution is -2.57. The molecule has 1 aromatic rings. The minimum atomic E-state index is 0.0323. The summed E-state index contributed by atoms with van der Waals surface area (Å²) in [6, 6.07) is 7.98. The van der Waals surface area contributed by atoms with E-state index in [0.717, 1.165) is 25.2 Å². The molecule has 1 atom stereocenters. The van der Waals surface area contributed by atoms with E-state index in [2.05, 4.69) is 0 Å². The monoisotopic (exact) mass is 319 g/mol. The van der Waals surface area contributed by atoms with Gasteiger partial charge in [-0.05, 0) is 43.9 Å². The van der Waals surface area contributed by atoms with Crippen molar-refractivity contribution in [2.75, 3.05) is 32.9 Å². The maximum absolute atomic E-state index is 12.0. The molecule has 126 valence electrons. The zero-order valence-electron chi connectivity index (χ0n) is 13.7. The van der Waals surface area contributed by atoms with Gasteiger partial charge in [0.1, 0.15) is 18.5 Å². The Morgan fingerprint density at radius 1 is 1.35 bits per heavy atom. The van der Waals surface area contributed by atoms with Crippen LogP contribution in [0.5, 0.6) is 5.75 Å². The predicted octanol–water partition coefficient (Wildman–Crippen LogP) is 2.17. The Morgan fingerprint density at radius 2 is 2.22 bits per heavy atom. The van der Waals surface area contributed by atoms with Crippen LogP contribution in [0.25, 0.3) is 0 Å². The van der Waals surface area contributed by atoms with Gasteiger partial charge in [-0.3, -0.25) is 4.79 Å². The molecule has 2 heterocycles. The SMILES string of the molecule is Cc1cccc(OC2CN(C(=O)COC[C@@H]3CCCCO3)C2)c1. The van der Waals surface area contributed by atoms with Gasteiger partial charge in [-0.2, -0.15) is 0 Å². The molecule has 0 saturated carbocycles. The number of carbonyl (C=O) groups excluding carboxylic acids is 1. The number of amides is 1. The fourth-order valence-electron chi connectivity index (χ4n) is 2.91. The summed E-state index contributed by atoms with van der Waals surface area (Å²) in [5.41, 5.74) is 1.17. The quantitative estimate of drug-likeness (QED) is 0.806. The van der Waals surface area contributed by atoms with Gasteiger partial charge in [0.2, 0.25) is 5.91 Å². The van der Waals surface area contributed by atoms with Crippen LogP contribution in [-0.2, 0) is 14.3 Å². The van der Waals surface area contributed by atoms with Gasteiger partial charge in [-0.1, -0.05) is 12.1 Å². The lowest BCUT2D eigenvalue weighted by Gasteiger charge is -2.39. The number of rotatable bonds is 6. The first-order chi connectivity index (χ1) is 11.2. The fourth-order valence-corrected chi connectivity index (χ4v) is 2.91. The topological polar surface area (TPSA) is 48.0 Å². The maximum Gasteiger partial charge on any atom is 0.248 e. The van der Waals surface area contributed by atoms with Crippen LogP contribution < -0.4 is 4.74 Å². The summed E-state index contributed by atoms with van der Waals surface area (Å²) in [6.45, 7) is 4.77. The summed E-state index contributed by atoms with van der Waals surface area (Å²) in [4.78, 5) is 13.8. The van der Waals surface area contributed by atoms with E-state index in [0.29, 0.717) is 19.7 Å². The molecule has 3 rings (SSSR count). The number of carbonyl (C=O) groups is 1. The first-order valence-corrected chi connectivity index (χ1v) is 8.41. The van der Waals surface area contributed by atoms with Crippen LogP contribution in [0.3, 0.4) is 0 Å². The third-order valence-electron chi connectivity index (χ3n) is 4.30. The van der Waals surface area contributed by atoms with E-state index in [4.69, 9.17) is 14.2 Å². The number of hydrogen-bond donors (Lipinski definition) is 0. The Balaban J connectivity index is 1.31. The molecule has 2 saturated heterocycles. The minimum Gasteiger partial charge on any atom is -0.487 e. The van der Waals surface area contributed by atoms with E-state index in [1.54, 1.807) is 4.90 Å². The number of likely N-dealkylation sites (tertiary alicyclic amines) is 1. The van der Waals surface area contributed by atoms with Gasteiger partial charge in [0.25, 0.3) is 0 Å². The van der Waals surface area contributed by atoms with Gasteiger partial charge in [0, 0.05) is 6.61 Å². The average Bonchev–Trinajstić information content (AvgIpc) is 2.51. The number of ether oxygens (including phenoxy) is 3. The molecule has 0 unspecified atom stereocenters. The molecule has 0 aliphatic carbocycles. The lowest BCUT2D eigenvalue weighted by atomic mass is 10.1. The molecule has 0 bridgehead atoms. The predicted molar refractivity (Wildman–Crippen MR) is 86.6 cm³/mol. The second-order valence-electron chi connectivity index (χ2n) is 6.36. The number of hydrogen-bond acceptors (Lipinski definition) is 4.